The van der Waals surface area contributed by atoms with Gasteiger partial charge in [-0.3, -0.25) is 0 Å². The average Bonchev–Trinajstić information content (AvgIpc) is 2.28. The Kier molecular flexibility index (Phi) is 10.8. The van der Waals surface area contributed by atoms with Crippen molar-refractivity contribution >= 4 is 0 Å². The molecule has 0 fully saturated rings. The molecule has 0 spiro atoms. The molecule has 0 bridgehead atoms. The normalized spacial score (nSPS) is 12.0. The van der Waals surface area contributed by atoms with Crippen LogP contribution in [0.25, 0.3) is 0 Å². The molecular weight excluding hydrogens is 222 g/mol. The second-order valence-electron chi connectivity index (χ2n) is 4.55. The van der Waals surface area contributed by atoms with E-state index in [2.05, 4.69) is 24.5 Å². The van der Waals surface area contributed by atoms with Crippen LogP contribution in [0.3, 0.4) is 0 Å². The standard InChI is InChI=1S/C13H28F2N2/c1-3-5-7-9-11-16-13(14,15)17-12-10-8-6-4-2/h16-17H,3-12H2,1-2H3. The summed E-state index contributed by atoms with van der Waals surface area (Å²) >= 11 is 0. The van der Waals surface area contributed by atoms with E-state index in [-0.39, 0.29) is 0 Å². The lowest BCUT2D eigenvalue weighted by atomic mass is 10.2. The minimum atomic E-state index is -2.90. The molecule has 0 aliphatic carbocycles. The summed E-state index contributed by atoms with van der Waals surface area (Å²) in [5.41, 5.74) is 0. The predicted octanol–water partition coefficient (Wildman–Crippen LogP) is 3.88. The van der Waals surface area contributed by atoms with Gasteiger partial charge in [0.05, 0.1) is 0 Å². The van der Waals surface area contributed by atoms with Gasteiger partial charge in [0.25, 0.3) is 0 Å². The van der Waals surface area contributed by atoms with Gasteiger partial charge in [0.15, 0.2) is 0 Å². The molecule has 0 aromatic carbocycles. The number of hydrogen-bond acceptors (Lipinski definition) is 2. The fourth-order valence-corrected chi connectivity index (χ4v) is 1.66. The third-order valence-electron chi connectivity index (χ3n) is 2.75. The van der Waals surface area contributed by atoms with Crippen molar-refractivity contribution in [2.45, 2.75) is 71.4 Å². The van der Waals surface area contributed by atoms with Gasteiger partial charge >= 0.3 is 6.17 Å². The molecule has 2 nitrogen and oxygen atoms in total. The second-order valence-corrected chi connectivity index (χ2v) is 4.55. The van der Waals surface area contributed by atoms with Crippen LogP contribution in [0.5, 0.6) is 0 Å². The van der Waals surface area contributed by atoms with Gasteiger partial charge < -0.3 is 0 Å². The van der Waals surface area contributed by atoms with Crippen molar-refractivity contribution in [1.29, 1.82) is 0 Å². The van der Waals surface area contributed by atoms with Gasteiger partial charge in [-0.1, -0.05) is 52.4 Å². The first-order chi connectivity index (χ1) is 8.12. The number of halogens is 2. The zero-order chi connectivity index (χ0) is 13.0. The molecule has 0 saturated carbocycles. The van der Waals surface area contributed by atoms with Crippen LogP contribution in [0.1, 0.15) is 65.2 Å². The molecule has 4 heteroatoms. The molecule has 0 radical (unpaired) electrons. The molecule has 0 amide bonds. The second kappa shape index (κ2) is 10.9. The summed E-state index contributed by atoms with van der Waals surface area (Å²) in [5, 5.41) is 4.53. The van der Waals surface area contributed by atoms with Gasteiger partial charge in [0, 0.05) is 13.1 Å². The van der Waals surface area contributed by atoms with Gasteiger partial charge in [-0.2, -0.15) is 8.78 Å². The number of nitrogens with one attached hydrogen (secondary N) is 2. The lowest BCUT2D eigenvalue weighted by Gasteiger charge is -2.19. The van der Waals surface area contributed by atoms with Crippen LogP contribution in [0.15, 0.2) is 0 Å². The van der Waals surface area contributed by atoms with Gasteiger partial charge in [-0.15, -0.1) is 0 Å². The van der Waals surface area contributed by atoms with Gasteiger partial charge in [0.2, 0.25) is 0 Å². The Bertz CT molecular complexity index is 147. The highest BCUT2D eigenvalue weighted by atomic mass is 19.3. The Morgan fingerprint density at radius 1 is 0.706 bits per heavy atom. The Morgan fingerprint density at radius 3 is 1.47 bits per heavy atom. The van der Waals surface area contributed by atoms with Crippen molar-refractivity contribution in [2.24, 2.45) is 0 Å². The molecule has 0 heterocycles. The van der Waals surface area contributed by atoms with Crippen molar-refractivity contribution in [3.05, 3.63) is 0 Å². The SMILES string of the molecule is CCCCCCNC(F)(F)NCCCCCC. The van der Waals surface area contributed by atoms with E-state index < -0.39 is 6.17 Å². The zero-order valence-corrected chi connectivity index (χ0v) is 11.3. The lowest BCUT2D eigenvalue weighted by Crippen LogP contribution is -2.50. The third kappa shape index (κ3) is 12.0. The smallest absolute Gasteiger partial charge is 0.244 e. The minimum absolute atomic E-state index is 0.384. The van der Waals surface area contributed by atoms with E-state index in [1.54, 1.807) is 0 Å². The molecule has 2 N–H and O–H groups in total. The highest BCUT2D eigenvalue weighted by Crippen LogP contribution is 2.06. The van der Waals surface area contributed by atoms with E-state index in [4.69, 9.17) is 0 Å². The van der Waals surface area contributed by atoms with Gasteiger partial charge in [0.1, 0.15) is 0 Å². The largest absolute Gasteiger partial charge is 0.364 e. The van der Waals surface area contributed by atoms with Crippen LogP contribution in [0, 0.1) is 0 Å². The van der Waals surface area contributed by atoms with Crippen LogP contribution in [-0.4, -0.2) is 19.3 Å². The number of unbranched alkanes of at least 4 members (excludes halogenated alkanes) is 6. The summed E-state index contributed by atoms with van der Waals surface area (Å²) in [4.78, 5) is 0. The van der Waals surface area contributed by atoms with Crippen LogP contribution >= 0.6 is 0 Å². The monoisotopic (exact) mass is 250 g/mol. The molecule has 0 aromatic rings. The van der Waals surface area contributed by atoms with Crippen molar-refractivity contribution in [3.63, 3.8) is 0 Å². The van der Waals surface area contributed by atoms with E-state index in [1.807, 2.05) is 0 Å². The minimum Gasteiger partial charge on any atom is -0.244 e. The van der Waals surface area contributed by atoms with Crippen LogP contribution < -0.4 is 10.6 Å². The number of hydrogen-bond donors (Lipinski definition) is 2. The maximum atomic E-state index is 13.2. The highest BCUT2D eigenvalue weighted by molar-refractivity contribution is 4.61. The highest BCUT2D eigenvalue weighted by Gasteiger charge is 2.25. The summed E-state index contributed by atoms with van der Waals surface area (Å²) < 4.78 is 26.4. The fraction of sp³-hybridized carbons (Fsp3) is 1.00. The molecule has 0 unspecified atom stereocenters. The molecule has 0 rings (SSSR count). The molecule has 17 heavy (non-hydrogen) atoms. The summed E-state index contributed by atoms with van der Waals surface area (Å²) in [6, 6.07) is 0. The van der Waals surface area contributed by atoms with E-state index in [9.17, 15) is 8.78 Å². The number of alkyl halides is 2. The summed E-state index contributed by atoms with van der Waals surface area (Å²) in [6.07, 6.45) is 5.29. The molecular formula is C13H28F2N2. The lowest BCUT2D eigenvalue weighted by molar-refractivity contribution is -0.0676. The Balaban J connectivity index is 3.38. The Hall–Kier alpha value is -0.220. The summed E-state index contributed by atoms with van der Waals surface area (Å²) in [6.45, 7) is 4.99. The first-order valence-electron chi connectivity index (χ1n) is 7.00. The van der Waals surface area contributed by atoms with Gasteiger partial charge in [-0.05, 0) is 12.8 Å². The van der Waals surface area contributed by atoms with Crippen molar-refractivity contribution < 1.29 is 8.78 Å². The maximum Gasteiger partial charge on any atom is 0.364 e. The number of rotatable bonds is 12. The van der Waals surface area contributed by atoms with Crippen molar-refractivity contribution in [2.75, 3.05) is 13.1 Å². The van der Waals surface area contributed by atoms with E-state index in [0.717, 1.165) is 51.4 Å². The molecule has 0 atom stereocenters. The molecule has 104 valence electrons. The van der Waals surface area contributed by atoms with Crippen molar-refractivity contribution in [1.82, 2.24) is 10.6 Å². The third-order valence-corrected chi connectivity index (χ3v) is 2.75. The maximum absolute atomic E-state index is 13.2. The van der Waals surface area contributed by atoms with Crippen LogP contribution in [0.4, 0.5) is 8.78 Å². The summed E-state index contributed by atoms with van der Waals surface area (Å²) in [7, 11) is 0. The van der Waals surface area contributed by atoms with E-state index in [0.29, 0.717) is 13.1 Å². The Labute approximate surface area is 105 Å². The zero-order valence-electron chi connectivity index (χ0n) is 11.3. The first-order valence-corrected chi connectivity index (χ1v) is 7.00. The predicted molar refractivity (Wildman–Crippen MR) is 69.2 cm³/mol. The van der Waals surface area contributed by atoms with E-state index >= 15 is 0 Å². The first kappa shape index (κ1) is 16.8. The molecule has 0 aliphatic rings. The van der Waals surface area contributed by atoms with Crippen LogP contribution in [0.2, 0.25) is 0 Å². The Morgan fingerprint density at radius 2 is 1.12 bits per heavy atom. The topological polar surface area (TPSA) is 24.1 Å². The van der Waals surface area contributed by atoms with Gasteiger partial charge in [-0.25, -0.2) is 10.6 Å². The average molecular weight is 250 g/mol. The van der Waals surface area contributed by atoms with Crippen molar-refractivity contribution in [3.8, 4) is 0 Å². The fourth-order valence-electron chi connectivity index (χ4n) is 1.66. The molecule has 0 aromatic heterocycles. The van der Waals surface area contributed by atoms with Crippen LogP contribution in [-0.2, 0) is 0 Å². The summed E-state index contributed by atoms with van der Waals surface area (Å²) in [5.74, 6) is 0. The molecule has 0 saturated heterocycles. The molecule has 0 aliphatic heterocycles. The quantitative estimate of drug-likeness (QED) is 0.312. The van der Waals surface area contributed by atoms with E-state index in [1.165, 1.54) is 0 Å².